The predicted octanol–water partition coefficient (Wildman–Crippen LogP) is 2.21. The largest absolute Gasteiger partial charge is 0.431 e. The lowest BCUT2D eigenvalue weighted by molar-refractivity contribution is -0.167. The summed E-state index contributed by atoms with van der Waals surface area (Å²) in [5, 5.41) is 7.21. The molecule has 0 aliphatic carbocycles. The van der Waals surface area contributed by atoms with Crippen molar-refractivity contribution in [2.24, 2.45) is 0 Å². The van der Waals surface area contributed by atoms with Gasteiger partial charge in [-0.05, 0) is 17.7 Å². The minimum absolute atomic E-state index is 0.181. The minimum Gasteiger partial charge on any atom is -0.431 e. The number of halogens is 1. The van der Waals surface area contributed by atoms with Gasteiger partial charge in [-0.15, -0.1) is 0 Å². The molecular weight excluding hydrogens is 294 g/mol. The van der Waals surface area contributed by atoms with Crippen LogP contribution in [0.3, 0.4) is 0 Å². The smallest absolute Gasteiger partial charge is 0.346 e. The Morgan fingerprint density at radius 3 is 2.52 bits per heavy atom. The van der Waals surface area contributed by atoms with Crippen molar-refractivity contribution in [1.82, 2.24) is 15.2 Å². The first kappa shape index (κ1) is 14.0. The number of benzene rings is 1. The van der Waals surface area contributed by atoms with E-state index in [2.05, 4.69) is 15.2 Å². The predicted molar refractivity (Wildman–Crippen MR) is 74.5 cm³/mol. The number of hydrogen-bond donors (Lipinski definition) is 1. The van der Waals surface area contributed by atoms with Gasteiger partial charge in [0.2, 0.25) is 11.4 Å². The number of rotatable bonds is 3. The fraction of sp³-hybridized carbons (Fsp3) is 0.357. The number of cyclic esters (lactones) is 1. The topological polar surface area (TPSA) is 77.1 Å². The zero-order valence-corrected chi connectivity index (χ0v) is 12.3. The van der Waals surface area contributed by atoms with Gasteiger partial charge in [0, 0.05) is 18.9 Å². The molecular formula is C14H14ClN3O3. The van der Waals surface area contributed by atoms with Crippen molar-refractivity contribution in [2.45, 2.75) is 31.7 Å². The molecule has 0 amide bonds. The average Bonchev–Trinajstić information content (AvgIpc) is 2.97. The molecule has 1 saturated heterocycles. The zero-order valence-electron chi connectivity index (χ0n) is 11.6. The Kier molecular flexibility index (Phi) is 3.22. The quantitative estimate of drug-likeness (QED) is 0.880. The van der Waals surface area contributed by atoms with Crippen molar-refractivity contribution >= 4 is 17.6 Å². The molecule has 7 heteroatoms. The maximum atomic E-state index is 12.5. The van der Waals surface area contributed by atoms with Gasteiger partial charge < -0.3 is 9.47 Å². The van der Waals surface area contributed by atoms with E-state index in [1.165, 1.54) is 6.33 Å². The van der Waals surface area contributed by atoms with Gasteiger partial charge in [-0.3, -0.25) is 5.10 Å². The van der Waals surface area contributed by atoms with Gasteiger partial charge in [0.1, 0.15) is 6.33 Å². The molecule has 110 valence electrons. The molecule has 0 spiro atoms. The second-order valence-electron chi connectivity index (χ2n) is 5.32. The van der Waals surface area contributed by atoms with Gasteiger partial charge in [0.15, 0.2) is 5.82 Å². The normalized spacial score (nSPS) is 24.0. The highest BCUT2D eigenvalue weighted by molar-refractivity contribution is 6.30. The van der Waals surface area contributed by atoms with Crippen molar-refractivity contribution in [3.05, 3.63) is 47.0 Å². The molecule has 1 fully saturated rings. The average molecular weight is 308 g/mol. The van der Waals surface area contributed by atoms with Crippen molar-refractivity contribution in [2.75, 3.05) is 0 Å². The first-order valence-corrected chi connectivity index (χ1v) is 6.83. The molecule has 1 N–H and O–H groups in total. The lowest BCUT2D eigenvalue weighted by atomic mass is 9.90. The fourth-order valence-corrected chi connectivity index (χ4v) is 2.56. The number of nitrogens with zero attached hydrogens (tertiary/aromatic N) is 2. The Morgan fingerprint density at radius 1 is 1.29 bits per heavy atom. The van der Waals surface area contributed by atoms with E-state index in [1.807, 2.05) is 0 Å². The first-order valence-electron chi connectivity index (χ1n) is 6.46. The molecule has 1 atom stereocenters. The molecule has 3 rings (SSSR count). The van der Waals surface area contributed by atoms with Gasteiger partial charge in [-0.1, -0.05) is 23.7 Å². The summed E-state index contributed by atoms with van der Waals surface area (Å²) in [6.07, 6.45) is 1.64. The molecule has 1 aliphatic heterocycles. The second kappa shape index (κ2) is 4.82. The second-order valence-corrected chi connectivity index (χ2v) is 5.75. The summed E-state index contributed by atoms with van der Waals surface area (Å²) in [6.45, 7) is 3.39. The number of H-pyrrole nitrogens is 1. The van der Waals surface area contributed by atoms with Crippen LogP contribution in [-0.2, 0) is 26.3 Å². The van der Waals surface area contributed by atoms with Crippen LogP contribution in [0.2, 0.25) is 5.02 Å². The van der Waals surface area contributed by atoms with Crippen LogP contribution in [0, 0.1) is 0 Å². The van der Waals surface area contributed by atoms with E-state index in [4.69, 9.17) is 21.1 Å². The monoisotopic (exact) mass is 307 g/mol. The van der Waals surface area contributed by atoms with Crippen LogP contribution in [0.5, 0.6) is 0 Å². The summed E-state index contributed by atoms with van der Waals surface area (Å²) in [5.41, 5.74) is -0.608. The van der Waals surface area contributed by atoms with Gasteiger partial charge in [-0.2, -0.15) is 5.10 Å². The fourth-order valence-electron chi connectivity index (χ4n) is 2.44. The number of ether oxygens (including phenoxy) is 2. The highest BCUT2D eigenvalue weighted by Gasteiger charge is 2.55. The number of esters is 1. The summed E-state index contributed by atoms with van der Waals surface area (Å²) >= 11 is 5.91. The lowest BCUT2D eigenvalue weighted by Gasteiger charge is -2.25. The van der Waals surface area contributed by atoms with Crippen LogP contribution in [0.1, 0.15) is 25.2 Å². The number of hydrogen-bond acceptors (Lipinski definition) is 5. The van der Waals surface area contributed by atoms with Crippen LogP contribution < -0.4 is 0 Å². The van der Waals surface area contributed by atoms with E-state index in [1.54, 1.807) is 38.1 Å². The number of carbonyl (C=O) groups is 1. The zero-order chi connectivity index (χ0) is 15.1. The molecule has 0 saturated carbocycles. The summed E-state index contributed by atoms with van der Waals surface area (Å²) in [4.78, 5) is 16.5. The van der Waals surface area contributed by atoms with E-state index < -0.39 is 17.4 Å². The summed E-state index contributed by atoms with van der Waals surface area (Å²) in [7, 11) is 0. The van der Waals surface area contributed by atoms with Crippen LogP contribution >= 0.6 is 11.6 Å². The first-order chi connectivity index (χ1) is 9.91. The molecule has 0 radical (unpaired) electrons. The Labute approximate surface area is 126 Å². The van der Waals surface area contributed by atoms with E-state index >= 15 is 0 Å². The molecule has 6 nitrogen and oxygen atoms in total. The Hall–Kier alpha value is -1.92. The molecule has 1 unspecified atom stereocenters. The summed E-state index contributed by atoms with van der Waals surface area (Å²) < 4.78 is 11.3. The molecule has 21 heavy (non-hydrogen) atoms. The van der Waals surface area contributed by atoms with Gasteiger partial charge >= 0.3 is 5.97 Å². The standard InChI is InChI=1S/C14H14ClN3O3/c1-13(2)20-12(19)14(21-13,7-11-16-8-17-18-11)9-3-5-10(15)6-4-9/h3-6,8H,7H2,1-2H3,(H,16,17,18). The van der Waals surface area contributed by atoms with Gasteiger partial charge in [-0.25, -0.2) is 9.78 Å². The van der Waals surface area contributed by atoms with Gasteiger partial charge in [0.25, 0.3) is 0 Å². The van der Waals surface area contributed by atoms with E-state index in [0.717, 1.165) is 0 Å². The Bertz CT molecular complexity index is 655. The SMILES string of the molecule is CC1(C)OC(=O)C(Cc2nc[nH]n2)(c2ccc(Cl)cc2)O1. The number of nitrogens with one attached hydrogen (secondary N) is 1. The molecule has 1 aromatic heterocycles. The van der Waals surface area contributed by atoms with Crippen molar-refractivity contribution in [3.63, 3.8) is 0 Å². The van der Waals surface area contributed by atoms with E-state index in [-0.39, 0.29) is 6.42 Å². The van der Waals surface area contributed by atoms with Crippen LogP contribution in [0.15, 0.2) is 30.6 Å². The van der Waals surface area contributed by atoms with Gasteiger partial charge in [0.05, 0.1) is 6.42 Å². The Morgan fingerprint density at radius 2 is 2.00 bits per heavy atom. The molecule has 0 bridgehead atoms. The molecule has 2 heterocycles. The summed E-state index contributed by atoms with van der Waals surface area (Å²) in [6, 6.07) is 6.91. The maximum absolute atomic E-state index is 12.5. The third kappa shape index (κ3) is 2.52. The number of aromatic amines is 1. The number of carbonyl (C=O) groups excluding carboxylic acids is 1. The Balaban J connectivity index is 2.06. The molecule has 2 aromatic rings. The molecule has 1 aliphatic rings. The third-order valence-electron chi connectivity index (χ3n) is 3.27. The summed E-state index contributed by atoms with van der Waals surface area (Å²) in [5.74, 6) is -0.994. The van der Waals surface area contributed by atoms with Crippen LogP contribution in [0.4, 0.5) is 0 Å². The van der Waals surface area contributed by atoms with E-state index in [0.29, 0.717) is 16.4 Å². The molecule has 1 aromatic carbocycles. The highest BCUT2D eigenvalue weighted by atomic mass is 35.5. The highest BCUT2D eigenvalue weighted by Crippen LogP contribution is 2.42. The van der Waals surface area contributed by atoms with E-state index in [9.17, 15) is 4.79 Å². The van der Waals surface area contributed by atoms with Crippen LogP contribution in [0.25, 0.3) is 0 Å². The number of aromatic nitrogens is 3. The van der Waals surface area contributed by atoms with Crippen LogP contribution in [-0.4, -0.2) is 26.9 Å². The lowest BCUT2D eigenvalue weighted by Crippen LogP contribution is -2.37. The maximum Gasteiger partial charge on any atom is 0.346 e. The van der Waals surface area contributed by atoms with Crippen molar-refractivity contribution < 1.29 is 14.3 Å². The van der Waals surface area contributed by atoms with Crippen molar-refractivity contribution in [3.8, 4) is 0 Å². The minimum atomic E-state index is -1.27. The third-order valence-corrected chi connectivity index (χ3v) is 3.52. The van der Waals surface area contributed by atoms with Crippen molar-refractivity contribution in [1.29, 1.82) is 0 Å².